The fourth-order valence-corrected chi connectivity index (χ4v) is 4.05. The molecule has 1 amide bonds. The first kappa shape index (κ1) is 17.1. The van der Waals surface area contributed by atoms with Crippen LogP contribution < -0.4 is 10.6 Å². The first-order chi connectivity index (χ1) is 11.6. The number of piperidine rings is 2. The van der Waals surface area contributed by atoms with Crippen LogP contribution in [0.2, 0.25) is 0 Å². The molecule has 132 valence electrons. The molecular weight excluding hydrogens is 298 g/mol. The molecule has 0 radical (unpaired) electrons. The summed E-state index contributed by atoms with van der Waals surface area (Å²) in [5.74, 6) is 0.292. The number of amides is 1. The predicted molar refractivity (Wildman–Crippen MR) is 100 cm³/mol. The van der Waals surface area contributed by atoms with E-state index in [-0.39, 0.29) is 0 Å². The molecule has 0 aliphatic carbocycles. The van der Waals surface area contributed by atoms with Gasteiger partial charge in [-0.2, -0.15) is 0 Å². The lowest BCUT2D eigenvalue weighted by atomic mass is 10.0. The van der Waals surface area contributed by atoms with Crippen molar-refractivity contribution in [1.29, 1.82) is 0 Å². The van der Waals surface area contributed by atoms with E-state index in [0.717, 1.165) is 50.3 Å². The number of hydrogen-bond acceptors (Lipinski definition) is 3. The Labute approximate surface area is 146 Å². The van der Waals surface area contributed by atoms with E-state index < -0.39 is 0 Å². The fraction of sp³-hybridized carbons (Fsp3) is 0.650. The molecule has 4 nitrogen and oxygen atoms in total. The van der Waals surface area contributed by atoms with Crippen LogP contribution in [0.1, 0.15) is 57.4 Å². The highest BCUT2D eigenvalue weighted by atomic mass is 16.2. The molecule has 0 bridgehead atoms. The normalized spacial score (nSPS) is 21.8. The molecule has 4 heteroatoms. The van der Waals surface area contributed by atoms with Crippen LogP contribution in [-0.2, 0) is 11.2 Å². The third-order valence-electron chi connectivity index (χ3n) is 5.54. The molecule has 0 saturated carbocycles. The molecule has 1 unspecified atom stereocenters. The molecule has 0 aromatic heterocycles. The summed E-state index contributed by atoms with van der Waals surface area (Å²) in [5, 5.41) is 0. The van der Waals surface area contributed by atoms with Crippen LogP contribution in [0, 0.1) is 0 Å². The topological polar surface area (TPSA) is 49.6 Å². The minimum Gasteiger partial charge on any atom is -0.397 e. The summed E-state index contributed by atoms with van der Waals surface area (Å²) in [7, 11) is 0. The van der Waals surface area contributed by atoms with E-state index in [1.54, 1.807) is 0 Å². The summed E-state index contributed by atoms with van der Waals surface area (Å²) in [6, 6.07) is 6.76. The standard InChI is InChI=1S/C20H31N3O/c1-16-7-3-6-14-23(16)20(24)11-9-17-8-10-19(18(21)15-17)22-12-4-2-5-13-22/h8,10,15-16H,2-7,9,11-14,21H2,1H3. The SMILES string of the molecule is CC1CCCCN1C(=O)CCc1ccc(N2CCCCC2)c(N)c1. The highest BCUT2D eigenvalue weighted by molar-refractivity contribution is 5.77. The maximum Gasteiger partial charge on any atom is 0.223 e. The summed E-state index contributed by atoms with van der Waals surface area (Å²) in [6.07, 6.45) is 8.74. The van der Waals surface area contributed by atoms with E-state index in [9.17, 15) is 4.79 Å². The Morgan fingerprint density at radius 1 is 1.12 bits per heavy atom. The average Bonchev–Trinajstić information content (AvgIpc) is 2.61. The van der Waals surface area contributed by atoms with Gasteiger partial charge < -0.3 is 15.5 Å². The molecule has 2 heterocycles. The third kappa shape index (κ3) is 4.03. The summed E-state index contributed by atoms with van der Waals surface area (Å²) in [5.41, 5.74) is 9.48. The van der Waals surface area contributed by atoms with Gasteiger partial charge in [-0.05, 0) is 69.6 Å². The smallest absolute Gasteiger partial charge is 0.223 e. The van der Waals surface area contributed by atoms with Crippen molar-refractivity contribution in [3.05, 3.63) is 23.8 Å². The zero-order valence-electron chi connectivity index (χ0n) is 15.0. The number of benzene rings is 1. The highest BCUT2D eigenvalue weighted by Crippen LogP contribution is 2.28. The molecule has 3 rings (SSSR count). The van der Waals surface area contributed by atoms with Gasteiger partial charge >= 0.3 is 0 Å². The fourth-order valence-electron chi connectivity index (χ4n) is 4.05. The largest absolute Gasteiger partial charge is 0.397 e. The molecule has 2 saturated heterocycles. The number of aryl methyl sites for hydroxylation is 1. The zero-order valence-corrected chi connectivity index (χ0v) is 15.0. The summed E-state index contributed by atoms with van der Waals surface area (Å²) in [4.78, 5) is 16.9. The second kappa shape index (κ2) is 7.91. The summed E-state index contributed by atoms with van der Waals surface area (Å²) in [6.45, 7) is 5.31. The van der Waals surface area contributed by atoms with Crippen molar-refractivity contribution in [1.82, 2.24) is 4.90 Å². The van der Waals surface area contributed by atoms with E-state index in [2.05, 4.69) is 34.9 Å². The first-order valence-electron chi connectivity index (χ1n) is 9.58. The van der Waals surface area contributed by atoms with Crippen LogP contribution in [0.3, 0.4) is 0 Å². The molecule has 24 heavy (non-hydrogen) atoms. The van der Waals surface area contributed by atoms with Gasteiger partial charge in [-0.25, -0.2) is 0 Å². The Morgan fingerprint density at radius 2 is 1.88 bits per heavy atom. The van der Waals surface area contributed by atoms with Crippen molar-refractivity contribution < 1.29 is 4.79 Å². The number of nitrogen functional groups attached to an aromatic ring is 1. The maximum absolute atomic E-state index is 12.5. The van der Waals surface area contributed by atoms with Crippen LogP contribution in [-0.4, -0.2) is 36.5 Å². The molecule has 2 N–H and O–H groups in total. The van der Waals surface area contributed by atoms with E-state index in [4.69, 9.17) is 5.73 Å². The Kier molecular flexibility index (Phi) is 5.64. The van der Waals surface area contributed by atoms with Gasteiger partial charge in [0.05, 0.1) is 11.4 Å². The van der Waals surface area contributed by atoms with Gasteiger partial charge in [-0.3, -0.25) is 4.79 Å². The van der Waals surface area contributed by atoms with Crippen molar-refractivity contribution in [2.24, 2.45) is 0 Å². The Hall–Kier alpha value is -1.71. The van der Waals surface area contributed by atoms with E-state index in [0.29, 0.717) is 18.4 Å². The monoisotopic (exact) mass is 329 g/mol. The van der Waals surface area contributed by atoms with Crippen molar-refractivity contribution in [3.63, 3.8) is 0 Å². The number of nitrogens with zero attached hydrogens (tertiary/aromatic N) is 2. The lowest BCUT2D eigenvalue weighted by Crippen LogP contribution is -2.42. The van der Waals surface area contributed by atoms with E-state index >= 15 is 0 Å². The Balaban J connectivity index is 1.57. The number of anilines is 2. The predicted octanol–water partition coefficient (Wildman–Crippen LogP) is 3.59. The molecule has 1 atom stereocenters. The summed E-state index contributed by atoms with van der Waals surface area (Å²) < 4.78 is 0. The van der Waals surface area contributed by atoms with Crippen LogP contribution >= 0.6 is 0 Å². The molecule has 0 spiro atoms. The molecule has 1 aromatic rings. The van der Waals surface area contributed by atoms with Gasteiger partial charge in [0.1, 0.15) is 0 Å². The Morgan fingerprint density at radius 3 is 2.58 bits per heavy atom. The third-order valence-corrected chi connectivity index (χ3v) is 5.54. The van der Waals surface area contributed by atoms with Gasteiger partial charge in [-0.15, -0.1) is 0 Å². The molecule has 2 fully saturated rings. The number of nitrogens with two attached hydrogens (primary N) is 1. The number of rotatable bonds is 4. The van der Waals surface area contributed by atoms with Crippen LogP contribution in [0.4, 0.5) is 11.4 Å². The minimum atomic E-state index is 0.292. The maximum atomic E-state index is 12.5. The van der Waals surface area contributed by atoms with Crippen molar-refractivity contribution in [2.45, 2.75) is 64.3 Å². The minimum absolute atomic E-state index is 0.292. The Bertz CT molecular complexity index is 566. The number of carbonyl (C=O) groups is 1. The van der Waals surface area contributed by atoms with Gasteiger partial charge in [0.25, 0.3) is 0 Å². The van der Waals surface area contributed by atoms with Gasteiger partial charge in [0.15, 0.2) is 0 Å². The number of hydrogen-bond donors (Lipinski definition) is 1. The molecule has 2 aliphatic heterocycles. The van der Waals surface area contributed by atoms with Crippen LogP contribution in [0.5, 0.6) is 0 Å². The lowest BCUT2D eigenvalue weighted by molar-refractivity contribution is -0.134. The summed E-state index contributed by atoms with van der Waals surface area (Å²) >= 11 is 0. The molecular formula is C20H31N3O. The van der Waals surface area contributed by atoms with Crippen molar-refractivity contribution in [2.75, 3.05) is 30.3 Å². The van der Waals surface area contributed by atoms with Crippen molar-refractivity contribution in [3.8, 4) is 0 Å². The average molecular weight is 329 g/mol. The second-order valence-electron chi connectivity index (χ2n) is 7.37. The highest BCUT2D eigenvalue weighted by Gasteiger charge is 2.22. The van der Waals surface area contributed by atoms with E-state index in [1.165, 1.54) is 31.2 Å². The molecule has 1 aromatic carbocycles. The second-order valence-corrected chi connectivity index (χ2v) is 7.37. The van der Waals surface area contributed by atoms with Crippen LogP contribution in [0.25, 0.3) is 0 Å². The van der Waals surface area contributed by atoms with E-state index in [1.807, 2.05) is 0 Å². The van der Waals surface area contributed by atoms with Gasteiger partial charge in [-0.1, -0.05) is 6.07 Å². The van der Waals surface area contributed by atoms with Gasteiger partial charge in [0.2, 0.25) is 5.91 Å². The quantitative estimate of drug-likeness (QED) is 0.859. The van der Waals surface area contributed by atoms with Crippen molar-refractivity contribution >= 4 is 17.3 Å². The zero-order chi connectivity index (χ0) is 16.9. The number of carbonyl (C=O) groups excluding carboxylic acids is 1. The van der Waals surface area contributed by atoms with Crippen LogP contribution in [0.15, 0.2) is 18.2 Å². The molecule has 2 aliphatic rings. The number of likely N-dealkylation sites (tertiary alicyclic amines) is 1. The first-order valence-corrected chi connectivity index (χ1v) is 9.58. The lowest BCUT2D eigenvalue weighted by Gasteiger charge is -2.33. The van der Waals surface area contributed by atoms with Gasteiger partial charge in [0, 0.05) is 32.1 Å².